The fraction of sp³-hybridized carbons (Fsp3) is 0.176. The number of nitro groups is 1. The van der Waals surface area contributed by atoms with Crippen LogP contribution in [0.25, 0.3) is 0 Å². The summed E-state index contributed by atoms with van der Waals surface area (Å²) >= 11 is 15.3. The van der Waals surface area contributed by atoms with Crippen LogP contribution in [0.4, 0.5) is 23.2 Å². The van der Waals surface area contributed by atoms with Crippen LogP contribution in [0.15, 0.2) is 83.7 Å². The van der Waals surface area contributed by atoms with E-state index < -0.39 is 22.6 Å². The van der Waals surface area contributed by atoms with E-state index >= 15 is 0 Å². The molecular weight excluding hydrogens is 1120 g/mol. The molecule has 5 heterocycles. The lowest BCUT2D eigenvalue weighted by Crippen LogP contribution is -2.25. The van der Waals surface area contributed by atoms with Crippen molar-refractivity contribution in [3.63, 3.8) is 0 Å². The SMILES string of the molecule is CC(=O)NC(C)c1ncc(Br)cc1F.CC(N)c1ncc(Br)cc1F.Cl.N#Cc1ncc(Br)cc1F.N#Cc1ncc(Br)cc1[N+](=O)[O-].NCc1ncc(Br)cc1F. The average Bonchev–Trinajstić information content (AvgIpc) is 3.12. The first-order chi connectivity index (χ1) is 26.7. The van der Waals surface area contributed by atoms with Gasteiger partial charge in [0.15, 0.2) is 11.5 Å². The van der Waals surface area contributed by atoms with Gasteiger partial charge in [-0.2, -0.15) is 10.5 Å². The molecule has 58 heavy (non-hydrogen) atoms. The Morgan fingerprint density at radius 1 is 0.741 bits per heavy atom. The van der Waals surface area contributed by atoms with Crippen molar-refractivity contribution >= 4 is 104 Å². The van der Waals surface area contributed by atoms with E-state index in [2.05, 4.69) is 110 Å². The fourth-order valence-electron chi connectivity index (χ4n) is 3.62. The third kappa shape index (κ3) is 19.6. The van der Waals surface area contributed by atoms with Gasteiger partial charge in [0, 0.05) is 78.9 Å². The highest BCUT2D eigenvalue weighted by molar-refractivity contribution is 9.11. The molecular formula is C34H29Br5ClF4N11O3. The molecule has 5 aromatic rings. The molecule has 14 nitrogen and oxygen atoms in total. The van der Waals surface area contributed by atoms with Gasteiger partial charge < -0.3 is 16.8 Å². The van der Waals surface area contributed by atoms with Gasteiger partial charge in [-0.3, -0.25) is 29.9 Å². The standard InChI is InChI=1S/C9H10BrFN2O.C7H8BrFN2.C6H6BrFN2.C6H2BrFN2.C6H2BrN3O2.ClH/c1-5(13-6(2)14)9-8(11)3-7(10)4-12-9;1-4(10)7-6(9)2-5(8)3-11-7;2*7-4-1-5(8)6(2-9)10-3-4;7-4-1-6(10(11)12)5(2-8)9-3-4;/h3-5H,1-2H3,(H,13,14);2-4H,10H2,1H3;1,3H,2,9H2;1,3H;1,3H;1H. The number of nitriles is 2. The summed E-state index contributed by atoms with van der Waals surface area (Å²) in [5.74, 6) is -1.97. The lowest BCUT2D eigenvalue weighted by molar-refractivity contribution is -0.385. The van der Waals surface area contributed by atoms with Gasteiger partial charge in [0.2, 0.25) is 11.6 Å². The Balaban J connectivity index is 0.000000701. The number of rotatable bonds is 5. The molecule has 2 unspecified atom stereocenters. The van der Waals surface area contributed by atoms with Crippen LogP contribution in [-0.2, 0) is 11.3 Å². The molecule has 5 rings (SSSR count). The maximum absolute atomic E-state index is 13.3. The number of hydrogen-bond acceptors (Lipinski definition) is 12. The smallest absolute Gasteiger partial charge is 0.306 e. The van der Waals surface area contributed by atoms with E-state index in [0.717, 1.165) is 0 Å². The van der Waals surface area contributed by atoms with Gasteiger partial charge in [-0.25, -0.2) is 27.5 Å². The Morgan fingerprint density at radius 2 is 1.14 bits per heavy atom. The van der Waals surface area contributed by atoms with Crippen molar-refractivity contribution in [2.24, 2.45) is 11.5 Å². The first-order valence-electron chi connectivity index (χ1n) is 15.3. The molecule has 0 aromatic carbocycles. The summed E-state index contributed by atoms with van der Waals surface area (Å²) in [7, 11) is 0. The monoisotopic (exact) mass is 1140 g/mol. The van der Waals surface area contributed by atoms with Gasteiger partial charge in [0.1, 0.15) is 29.6 Å². The maximum atomic E-state index is 13.3. The number of nitrogens with one attached hydrogen (secondary N) is 1. The zero-order valence-electron chi connectivity index (χ0n) is 29.9. The largest absolute Gasteiger partial charge is 0.348 e. The van der Waals surface area contributed by atoms with Gasteiger partial charge >= 0.3 is 5.69 Å². The van der Waals surface area contributed by atoms with E-state index in [-0.39, 0.29) is 65.3 Å². The highest BCUT2D eigenvalue weighted by Gasteiger charge is 2.15. The van der Waals surface area contributed by atoms with Crippen LogP contribution in [0.3, 0.4) is 0 Å². The van der Waals surface area contributed by atoms with E-state index in [4.69, 9.17) is 22.0 Å². The number of amides is 1. The third-order valence-corrected chi connectivity index (χ3v) is 8.23. The summed E-state index contributed by atoms with van der Waals surface area (Å²) in [5, 5.41) is 29.6. The number of carbonyl (C=O) groups is 1. The van der Waals surface area contributed by atoms with Crippen molar-refractivity contribution in [2.45, 2.75) is 39.4 Å². The molecule has 0 radical (unpaired) electrons. The zero-order valence-corrected chi connectivity index (χ0v) is 38.6. The second-order valence-electron chi connectivity index (χ2n) is 10.5. The summed E-state index contributed by atoms with van der Waals surface area (Å²) in [6.07, 6.45) is 7.26. The van der Waals surface area contributed by atoms with E-state index in [1.54, 1.807) is 26.0 Å². The van der Waals surface area contributed by atoms with Crippen LogP contribution in [0.1, 0.15) is 61.3 Å². The first-order valence-corrected chi connectivity index (χ1v) is 19.3. The van der Waals surface area contributed by atoms with E-state index in [1.807, 2.05) is 0 Å². The van der Waals surface area contributed by atoms with Gasteiger partial charge in [-0.15, -0.1) is 12.4 Å². The first kappa shape index (κ1) is 53.9. The van der Waals surface area contributed by atoms with Crippen molar-refractivity contribution in [2.75, 3.05) is 0 Å². The number of nitrogens with zero attached hydrogens (tertiary/aromatic N) is 8. The molecule has 0 aliphatic carbocycles. The number of pyridine rings is 5. The maximum Gasteiger partial charge on any atom is 0.306 e. The Hall–Kier alpha value is -4.07. The summed E-state index contributed by atoms with van der Waals surface area (Å²) < 4.78 is 54.3. The van der Waals surface area contributed by atoms with Crippen LogP contribution in [0, 0.1) is 56.0 Å². The second-order valence-corrected chi connectivity index (χ2v) is 15.1. The summed E-state index contributed by atoms with van der Waals surface area (Å²) in [4.78, 5) is 39.0. The van der Waals surface area contributed by atoms with Crippen molar-refractivity contribution in [3.8, 4) is 12.1 Å². The minimum absolute atomic E-state index is 0. The highest BCUT2D eigenvalue weighted by atomic mass is 79.9. The van der Waals surface area contributed by atoms with E-state index in [9.17, 15) is 32.5 Å². The normalized spacial score (nSPS) is 10.6. The lowest BCUT2D eigenvalue weighted by Gasteiger charge is -2.12. The van der Waals surface area contributed by atoms with Gasteiger partial charge in [-0.1, -0.05) is 0 Å². The number of carbonyl (C=O) groups excluding carboxylic acids is 1. The molecule has 2 atom stereocenters. The molecule has 308 valence electrons. The van der Waals surface area contributed by atoms with Gasteiger partial charge in [-0.05, 0) is 118 Å². The number of aromatic nitrogens is 5. The van der Waals surface area contributed by atoms with Crippen molar-refractivity contribution in [1.29, 1.82) is 10.5 Å². The molecule has 0 saturated heterocycles. The average molecular weight is 1150 g/mol. The minimum atomic E-state index is -0.643. The molecule has 0 bridgehead atoms. The topological polar surface area (TPSA) is 236 Å². The van der Waals surface area contributed by atoms with E-state index in [0.29, 0.717) is 33.8 Å². The van der Waals surface area contributed by atoms with Crippen LogP contribution >= 0.6 is 92.1 Å². The van der Waals surface area contributed by atoms with Gasteiger partial charge in [0.05, 0.1) is 28.0 Å². The quantitative estimate of drug-likeness (QED) is 0.0848. The number of hydrogen-bond donors (Lipinski definition) is 3. The molecule has 0 aliphatic rings. The Kier molecular flexibility index (Phi) is 25.7. The molecule has 5 aromatic heterocycles. The van der Waals surface area contributed by atoms with Crippen molar-refractivity contribution in [1.82, 2.24) is 30.2 Å². The van der Waals surface area contributed by atoms with Gasteiger partial charge in [0.25, 0.3) is 0 Å². The lowest BCUT2D eigenvalue weighted by atomic mass is 10.2. The molecule has 0 aliphatic heterocycles. The number of nitrogens with two attached hydrogens (primary N) is 2. The predicted octanol–water partition coefficient (Wildman–Crippen LogP) is 9.53. The molecule has 0 spiro atoms. The summed E-state index contributed by atoms with van der Waals surface area (Å²) in [5.41, 5.74) is 10.8. The minimum Gasteiger partial charge on any atom is -0.348 e. The number of halogens is 10. The second kappa shape index (κ2) is 27.6. The molecule has 5 N–H and O–H groups in total. The zero-order chi connectivity index (χ0) is 43.4. The fourth-order valence-corrected chi connectivity index (χ4v) is 5.15. The molecule has 1 amide bonds. The summed E-state index contributed by atoms with van der Waals surface area (Å²) in [6.45, 7) is 4.90. The molecule has 24 heteroatoms. The van der Waals surface area contributed by atoms with E-state index in [1.165, 1.54) is 68.2 Å². The van der Waals surface area contributed by atoms with Crippen LogP contribution in [-0.4, -0.2) is 35.8 Å². The van der Waals surface area contributed by atoms with Crippen molar-refractivity contribution < 1.29 is 27.3 Å². The van der Waals surface area contributed by atoms with Crippen molar-refractivity contribution in [3.05, 3.63) is 146 Å². The Bertz CT molecular complexity index is 2250. The Morgan fingerprint density at radius 3 is 1.52 bits per heavy atom. The third-order valence-electron chi connectivity index (χ3n) is 6.06. The van der Waals surface area contributed by atoms with Crippen LogP contribution in [0.2, 0.25) is 0 Å². The predicted molar refractivity (Wildman–Crippen MR) is 226 cm³/mol. The molecule has 0 saturated carbocycles. The highest BCUT2D eigenvalue weighted by Crippen LogP contribution is 2.21. The van der Waals surface area contributed by atoms with Crippen LogP contribution in [0.5, 0.6) is 0 Å². The summed E-state index contributed by atoms with van der Waals surface area (Å²) in [6, 6.07) is 8.93. The Labute approximate surface area is 377 Å². The molecule has 0 fully saturated rings. The van der Waals surface area contributed by atoms with Crippen LogP contribution < -0.4 is 16.8 Å².